The van der Waals surface area contributed by atoms with E-state index in [0.29, 0.717) is 22.4 Å². The highest BCUT2D eigenvalue weighted by molar-refractivity contribution is 6.08. The smallest absolute Gasteiger partial charge is 0.311 e. The van der Waals surface area contributed by atoms with Crippen LogP contribution in [0.4, 0.5) is 5.69 Å². The molecule has 0 bridgehead atoms. The van der Waals surface area contributed by atoms with Crippen LogP contribution in [0.5, 0.6) is 0 Å². The number of furan rings is 1. The zero-order chi connectivity index (χ0) is 22.0. The first-order chi connectivity index (χ1) is 14.9. The number of Topliss-reactive ketones (excluding diaryl/α,β-unsaturated/α-hetero) is 1. The molecule has 1 aromatic heterocycles. The third-order valence-corrected chi connectivity index (χ3v) is 5.09. The van der Waals surface area contributed by atoms with E-state index in [-0.39, 0.29) is 12.2 Å². The molecule has 4 aromatic rings. The molecule has 0 spiro atoms. The van der Waals surface area contributed by atoms with Crippen molar-refractivity contribution in [2.75, 3.05) is 5.32 Å². The topological polar surface area (TPSA) is 85.6 Å². The van der Waals surface area contributed by atoms with E-state index >= 15 is 0 Å². The summed E-state index contributed by atoms with van der Waals surface area (Å²) in [5.74, 6) is -1.11. The molecule has 3 aromatic carbocycles. The molecule has 0 radical (unpaired) electrons. The zero-order valence-corrected chi connectivity index (χ0v) is 17.2. The highest BCUT2D eigenvalue weighted by Gasteiger charge is 2.20. The van der Waals surface area contributed by atoms with Crippen LogP contribution in [0.1, 0.15) is 29.8 Å². The lowest BCUT2D eigenvalue weighted by Gasteiger charge is -2.14. The van der Waals surface area contributed by atoms with Gasteiger partial charge in [-0.2, -0.15) is 0 Å². The molecular weight excluding hydrogens is 394 g/mol. The first-order valence-electron chi connectivity index (χ1n) is 9.91. The summed E-state index contributed by atoms with van der Waals surface area (Å²) in [5, 5.41) is 5.58. The normalized spacial score (nSPS) is 11.9. The molecule has 0 saturated heterocycles. The largest absolute Gasteiger partial charge is 0.464 e. The summed E-state index contributed by atoms with van der Waals surface area (Å²) in [6, 6.07) is 18.3. The highest BCUT2D eigenvalue weighted by Crippen LogP contribution is 2.30. The van der Waals surface area contributed by atoms with Crippen LogP contribution in [0.2, 0.25) is 0 Å². The summed E-state index contributed by atoms with van der Waals surface area (Å²) in [5.41, 5.74) is 2.35. The number of fused-ring (bicyclic) bond motifs is 3. The number of nitrogens with one attached hydrogen (secondary N) is 1. The van der Waals surface area contributed by atoms with E-state index in [4.69, 9.17) is 9.15 Å². The Balaban J connectivity index is 1.45. The third kappa shape index (κ3) is 4.33. The standard InChI is InChI=1S/C25H21NO5/c1-15(27)18-7-5-8-20(12-18)26-25(29)16(2)31-23(28)13-19-14-30-22-11-10-17-6-3-4-9-21(17)24(19)22/h3-12,14,16H,13H2,1-2H3,(H,26,29)/t16-/m1/s1. The van der Waals surface area contributed by atoms with Gasteiger partial charge in [0.1, 0.15) is 5.58 Å². The average Bonchev–Trinajstić information content (AvgIpc) is 3.17. The minimum Gasteiger partial charge on any atom is -0.464 e. The molecule has 0 unspecified atom stereocenters. The maximum absolute atomic E-state index is 12.5. The van der Waals surface area contributed by atoms with Gasteiger partial charge in [0, 0.05) is 22.2 Å². The van der Waals surface area contributed by atoms with Crippen molar-refractivity contribution in [3.63, 3.8) is 0 Å². The molecular formula is C25H21NO5. The fraction of sp³-hybridized carbons (Fsp3) is 0.160. The Hall–Kier alpha value is -3.93. The monoisotopic (exact) mass is 415 g/mol. The number of carbonyl (C=O) groups excluding carboxylic acids is 3. The Morgan fingerprint density at radius 3 is 2.65 bits per heavy atom. The van der Waals surface area contributed by atoms with Gasteiger partial charge in [-0.05, 0) is 42.8 Å². The summed E-state index contributed by atoms with van der Waals surface area (Å²) >= 11 is 0. The van der Waals surface area contributed by atoms with E-state index in [1.807, 2.05) is 36.4 Å². The molecule has 1 heterocycles. The second-order valence-electron chi connectivity index (χ2n) is 7.36. The van der Waals surface area contributed by atoms with Gasteiger partial charge in [-0.15, -0.1) is 0 Å². The number of carbonyl (C=O) groups is 3. The maximum atomic E-state index is 12.5. The predicted octanol–water partition coefficient (Wildman–Crippen LogP) is 4.90. The Morgan fingerprint density at radius 2 is 1.84 bits per heavy atom. The summed E-state index contributed by atoms with van der Waals surface area (Å²) in [7, 11) is 0. The first-order valence-corrected chi connectivity index (χ1v) is 9.91. The number of benzene rings is 3. The number of rotatable bonds is 6. The van der Waals surface area contributed by atoms with Crippen LogP contribution < -0.4 is 5.32 Å². The Morgan fingerprint density at radius 1 is 1.03 bits per heavy atom. The van der Waals surface area contributed by atoms with E-state index in [1.165, 1.54) is 13.8 Å². The molecule has 0 fully saturated rings. The van der Waals surface area contributed by atoms with Crippen molar-refractivity contribution >= 4 is 45.1 Å². The van der Waals surface area contributed by atoms with Gasteiger partial charge in [0.15, 0.2) is 11.9 Å². The minimum atomic E-state index is -0.997. The van der Waals surface area contributed by atoms with Gasteiger partial charge < -0.3 is 14.5 Å². The van der Waals surface area contributed by atoms with Crippen LogP contribution in [0, 0.1) is 0 Å². The maximum Gasteiger partial charge on any atom is 0.311 e. The van der Waals surface area contributed by atoms with Crippen molar-refractivity contribution in [1.82, 2.24) is 0 Å². The fourth-order valence-corrected chi connectivity index (χ4v) is 3.51. The van der Waals surface area contributed by atoms with E-state index in [9.17, 15) is 14.4 Å². The molecule has 1 atom stereocenters. The zero-order valence-electron chi connectivity index (χ0n) is 17.2. The van der Waals surface area contributed by atoms with Gasteiger partial charge >= 0.3 is 5.97 Å². The second-order valence-corrected chi connectivity index (χ2v) is 7.36. The Labute approximate surface area is 178 Å². The van der Waals surface area contributed by atoms with Crippen LogP contribution in [0.15, 0.2) is 71.3 Å². The molecule has 6 nitrogen and oxygen atoms in total. The lowest BCUT2D eigenvalue weighted by Crippen LogP contribution is -2.30. The number of ether oxygens (including phenoxy) is 1. The van der Waals surface area contributed by atoms with Crippen LogP contribution in [0.25, 0.3) is 21.7 Å². The van der Waals surface area contributed by atoms with E-state index in [2.05, 4.69) is 5.32 Å². The second kappa shape index (κ2) is 8.44. The van der Waals surface area contributed by atoms with Gasteiger partial charge in [-0.1, -0.05) is 42.5 Å². The van der Waals surface area contributed by atoms with Crippen LogP contribution in [0.3, 0.4) is 0 Å². The number of ketones is 1. The van der Waals surface area contributed by atoms with Gasteiger partial charge in [-0.25, -0.2) is 0 Å². The molecule has 1 amide bonds. The number of hydrogen-bond acceptors (Lipinski definition) is 5. The van der Waals surface area contributed by atoms with Gasteiger partial charge in [0.2, 0.25) is 0 Å². The Kier molecular flexibility index (Phi) is 5.54. The van der Waals surface area contributed by atoms with Crippen LogP contribution >= 0.6 is 0 Å². The number of anilines is 1. The molecule has 0 saturated carbocycles. The van der Waals surface area contributed by atoms with Crippen LogP contribution in [-0.4, -0.2) is 23.8 Å². The van der Waals surface area contributed by atoms with Crippen molar-refractivity contribution in [3.8, 4) is 0 Å². The quantitative estimate of drug-likeness (QED) is 0.358. The number of esters is 1. The lowest BCUT2D eigenvalue weighted by atomic mass is 10.0. The lowest BCUT2D eigenvalue weighted by molar-refractivity contribution is -0.152. The Bertz CT molecular complexity index is 1300. The SMILES string of the molecule is CC(=O)c1cccc(NC(=O)[C@@H](C)OC(=O)Cc2coc3ccc4ccccc4c23)c1. The fourth-order valence-electron chi connectivity index (χ4n) is 3.51. The third-order valence-electron chi connectivity index (χ3n) is 5.09. The molecule has 0 aliphatic carbocycles. The van der Waals surface area contributed by atoms with Crippen LogP contribution in [-0.2, 0) is 20.7 Å². The van der Waals surface area contributed by atoms with E-state index in [1.54, 1.807) is 30.5 Å². The molecule has 6 heteroatoms. The number of amides is 1. The van der Waals surface area contributed by atoms with Crippen molar-refractivity contribution in [1.29, 1.82) is 0 Å². The van der Waals surface area contributed by atoms with E-state index < -0.39 is 18.0 Å². The predicted molar refractivity (Wildman–Crippen MR) is 118 cm³/mol. The molecule has 156 valence electrons. The number of hydrogen-bond donors (Lipinski definition) is 1. The van der Waals surface area contributed by atoms with Crippen molar-refractivity contribution < 1.29 is 23.5 Å². The van der Waals surface area contributed by atoms with Crippen molar-refractivity contribution in [2.45, 2.75) is 26.4 Å². The molecule has 1 N–H and O–H groups in total. The molecule has 31 heavy (non-hydrogen) atoms. The van der Waals surface area contributed by atoms with E-state index in [0.717, 1.165) is 16.2 Å². The molecule has 0 aliphatic heterocycles. The highest BCUT2D eigenvalue weighted by atomic mass is 16.5. The van der Waals surface area contributed by atoms with Gasteiger partial charge in [0.05, 0.1) is 12.7 Å². The molecule has 4 rings (SSSR count). The van der Waals surface area contributed by atoms with Gasteiger partial charge in [-0.3, -0.25) is 14.4 Å². The van der Waals surface area contributed by atoms with Crippen molar-refractivity contribution in [2.24, 2.45) is 0 Å². The first kappa shape index (κ1) is 20.3. The summed E-state index contributed by atoms with van der Waals surface area (Å²) < 4.78 is 10.9. The summed E-state index contributed by atoms with van der Waals surface area (Å²) in [4.78, 5) is 36.4. The minimum absolute atomic E-state index is 0.0154. The average molecular weight is 415 g/mol. The summed E-state index contributed by atoms with van der Waals surface area (Å²) in [6.07, 6.45) is 0.540. The van der Waals surface area contributed by atoms with Gasteiger partial charge in [0.25, 0.3) is 5.91 Å². The van der Waals surface area contributed by atoms with Crippen molar-refractivity contribution in [3.05, 3.63) is 78.1 Å². The summed E-state index contributed by atoms with van der Waals surface area (Å²) in [6.45, 7) is 2.96. The molecule has 0 aliphatic rings.